The molecule has 2 aromatic carbocycles. The summed E-state index contributed by atoms with van der Waals surface area (Å²) in [6.07, 6.45) is 0.399. The molecule has 5 nitrogen and oxygen atoms in total. The lowest BCUT2D eigenvalue weighted by Gasteiger charge is -2.19. The van der Waals surface area contributed by atoms with Gasteiger partial charge in [-0.2, -0.15) is 0 Å². The molecule has 0 aromatic heterocycles. The first-order chi connectivity index (χ1) is 12.1. The summed E-state index contributed by atoms with van der Waals surface area (Å²) in [4.78, 5) is 24.7. The number of benzene rings is 2. The SMILES string of the molecule is C[NH2+][C@H](C)C(=O)N[C@H](Cc1ccccc1)C(=O)OCc1ccccc1. The minimum atomic E-state index is -0.707. The van der Waals surface area contributed by atoms with Crippen LogP contribution in [-0.4, -0.2) is 31.0 Å². The highest BCUT2D eigenvalue weighted by Crippen LogP contribution is 2.07. The Balaban J connectivity index is 2.03. The first kappa shape index (κ1) is 18.7. The molecule has 1 amide bonds. The number of amides is 1. The van der Waals surface area contributed by atoms with Crippen LogP contribution >= 0.6 is 0 Å². The third-order valence-corrected chi connectivity index (χ3v) is 4.02. The van der Waals surface area contributed by atoms with Gasteiger partial charge >= 0.3 is 5.97 Å². The summed E-state index contributed by atoms with van der Waals surface area (Å²) in [6.45, 7) is 1.99. The highest BCUT2D eigenvalue weighted by atomic mass is 16.5. The van der Waals surface area contributed by atoms with Crippen LogP contribution in [0.5, 0.6) is 0 Å². The van der Waals surface area contributed by atoms with Gasteiger partial charge in [0.1, 0.15) is 12.6 Å². The van der Waals surface area contributed by atoms with E-state index in [4.69, 9.17) is 4.74 Å². The van der Waals surface area contributed by atoms with Gasteiger partial charge in [0, 0.05) is 6.42 Å². The number of ether oxygens (including phenoxy) is 1. The Kier molecular flexibility index (Phi) is 7.16. The molecule has 2 atom stereocenters. The van der Waals surface area contributed by atoms with Crippen LogP contribution < -0.4 is 10.6 Å². The van der Waals surface area contributed by atoms with Gasteiger partial charge in [0.15, 0.2) is 6.04 Å². The fourth-order valence-electron chi connectivity index (χ4n) is 2.33. The quantitative estimate of drug-likeness (QED) is 0.705. The lowest BCUT2D eigenvalue weighted by atomic mass is 10.1. The molecule has 0 aliphatic carbocycles. The number of hydrogen-bond acceptors (Lipinski definition) is 3. The summed E-state index contributed by atoms with van der Waals surface area (Å²) in [7, 11) is 1.82. The number of carbonyl (C=O) groups is 2. The Morgan fingerprint density at radius 2 is 1.56 bits per heavy atom. The molecule has 0 heterocycles. The molecule has 3 N–H and O–H groups in total. The zero-order valence-electron chi connectivity index (χ0n) is 14.6. The molecule has 2 rings (SSSR count). The third-order valence-electron chi connectivity index (χ3n) is 4.02. The first-order valence-electron chi connectivity index (χ1n) is 8.44. The molecule has 132 valence electrons. The average molecular weight is 341 g/mol. The molecule has 0 aliphatic rings. The number of rotatable bonds is 8. The minimum Gasteiger partial charge on any atom is -0.459 e. The number of nitrogens with one attached hydrogen (secondary N) is 1. The van der Waals surface area contributed by atoms with Crippen LogP contribution in [0.3, 0.4) is 0 Å². The Bertz CT molecular complexity index is 674. The summed E-state index contributed by atoms with van der Waals surface area (Å²) in [5.74, 6) is -0.607. The highest BCUT2D eigenvalue weighted by molar-refractivity contribution is 5.86. The third kappa shape index (κ3) is 6.04. The molecule has 0 unspecified atom stereocenters. The molecule has 2 aromatic rings. The number of quaternary nitrogens is 1. The van der Waals surface area contributed by atoms with Gasteiger partial charge in [-0.15, -0.1) is 0 Å². The van der Waals surface area contributed by atoms with Gasteiger partial charge in [-0.3, -0.25) is 4.79 Å². The van der Waals surface area contributed by atoms with Gasteiger partial charge in [0.05, 0.1) is 7.05 Å². The number of carbonyl (C=O) groups excluding carboxylic acids is 2. The zero-order chi connectivity index (χ0) is 18.1. The van der Waals surface area contributed by atoms with E-state index in [1.54, 1.807) is 12.2 Å². The summed E-state index contributed by atoms with van der Waals surface area (Å²) in [5, 5.41) is 4.60. The van der Waals surface area contributed by atoms with Gasteiger partial charge in [0.2, 0.25) is 0 Å². The maximum atomic E-state index is 12.5. The summed E-state index contributed by atoms with van der Waals surface area (Å²) < 4.78 is 5.41. The number of nitrogens with two attached hydrogens (primary N) is 1. The maximum Gasteiger partial charge on any atom is 0.329 e. The molecule has 0 fully saturated rings. The summed E-state index contributed by atoms with van der Waals surface area (Å²) in [6, 6.07) is 18.1. The van der Waals surface area contributed by atoms with Gasteiger partial charge in [-0.25, -0.2) is 4.79 Å². The lowest BCUT2D eigenvalue weighted by Crippen LogP contribution is -2.88. The summed E-state index contributed by atoms with van der Waals surface area (Å²) in [5.41, 5.74) is 1.88. The van der Waals surface area contributed by atoms with Gasteiger partial charge in [-0.05, 0) is 18.1 Å². The molecule has 0 saturated carbocycles. The van der Waals surface area contributed by atoms with Crippen LogP contribution in [0, 0.1) is 0 Å². The van der Waals surface area contributed by atoms with E-state index in [9.17, 15) is 9.59 Å². The number of hydrogen-bond donors (Lipinski definition) is 2. The van der Waals surface area contributed by atoms with Crippen LogP contribution in [-0.2, 0) is 27.4 Å². The van der Waals surface area contributed by atoms with Crippen molar-refractivity contribution in [3.05, 3.63) is 71.8 Å². The van der Waals surface area contributed by atoms with Crippen LogP contribution in [0.4, 0.5) is 0 Å². The van der Waals surface area contributed by atoms with Crippen LogP contribution in [0.25, 0.3) is 0 Å². The molecule has 5 heteroatoms. The number of esters is 1. The average Bonchev–Trinajstić information content (AvgIpc) is 2.66. The standard InChI is InChI=1S/C20H24N2O3/c1-15(21-2)19(23)22-18(13-16-9-5-3-6-10-16)20(24)25-14-17-11-7-4-8-12-17/h3-12,15,18,21H,13-14H2,1-2H3,(H,22,23)/p+1/t15-,18-/m1/s1. The topological polar surface area (TPSA) is 72.0 Å². The van der Waals surface area contributed by atoms with Crippen molar-refractivity contribution in [2.24, 2.45) is 0 Å². The smallest absolute Gasteiger partial charge is 0.329 e. The van der Waals surface area contributed by atoms with E-state index in [-0.39, 0.29) is 18.6 Å². The Labute approximate surface area is 148 Å². The van der Waals surface area contributed by atoms with Gasteiger partial charge in [0.25, 0.3) is 5.91 Å². The van der Waals surface area contributed by atoms with Crippen molar-refractivity contribution in [2.45, 2.75) is 32.0 Å². The summed E-state index contributed by atoms with van der Waals surface area (Å²) >= 11 is 0. The van der Waals surface area contributed by atoms with Crippen molar-refractivity contribution < 1.29 is 19.6 Å². The van der Waals surface area contributed by atoms with Crippen molar-refractivity contribution >= 4 is 11.9 Å². The highest BCUT2D eigenvalue weighted by Gasteiger charge is 2.25. The minimum absolute atomic E-state index is 0.180. The predicted octanol–water partition coefficient (Wildman–Crippen LogP) is 1.04. The van der Waals surface area contributed by atoms with Gasteiger partial charge in [-0.1, -0.05) is 60.7 Å². The monoisotopic (exact) mass is 341 g/mol. The molecule has 0 saturated heterocycles. The molecule has 0 spiro atoms. The Morgan fingerprint density at radius 1 is 1.00 bits per heavy atom. The molecule has 0 bridgehead atoms. The largest absolute Gasteiger partial charge is 0.459 e. The van der Waals surface area contributed by atoms with E-state index in [2.05, 4.69) is 5.32 Å². The molecule has 25 heavy (non-hydrogen) atoms. The normalized spacial score (nSPS) is 12.9. The first-order valence-corrected chi connectivity index (χ1v) is 8.44. The maximum absolute atomic E-state index is 12.5. The van der Waals surface area contributed by atoms with Crippen molar-refractivity contribution in [1.82, 2.24) is 5.32 Å². The van der Waals surface area contributed by atoms with Crippen molar-refractivity contribution in [2.75, 3.05) is 7.05 Å². The van der Waals surface area contributed by atoms with Crippen molar-refractivity contribution in [3.63, 3.8) is 0 Å². The van der Waals surface area contributed by atoms with E-state index in [1.165, 1.54) is 0 Å². The van der Waals surface area contributed by atoms with E-state index < -0.39 is 12.0 Å². The molecular weight excluding hydrogens is 316 g/mol. The Morgan fingerprint density at radius 3 is 2.12 bits per heavy atom. The second-order valence-corrected chi connectivity index (χ2v) is 5.97. The lowest BCUT2D eigenvalue weighted by molar-refractivity contribution is -0.646. The fourth-order valence-corrected chi connectivity index (χ4v) is 2.33. The fraction of sp³-hybridized carbons (Fsp3) is 0.300. The van der Waals surface area contributed by atoms with E-state index in [0.717, 1.165) is 11.1 Å². The predicted molar refractivity (Wildman–Crippen MR) is 95.6 cm³/mol. The van der Waals surface area contributed by atoms with Crippen LogP contribution in [0.2, 0.25) is 0 Å². The second kappa shape index (κ2) is 9.59. The van der Waals surface area contributed by atoms with Crippen LogP contribution in [0.1, 0.15) is 18.1 Å². The zero-order valence-corrected chi connectivity index (χ0v) is 14.6. The number of likely N-dealkylation sites (N-methyl/N-ethyl adjacent to an activating group) is 1. The molecule has 0 radical (unpaired) electrons. The van der Waals surface area contributed by atoms with Gasteiger partial charge < -0.3 is 15.4 Å². The van der Waals surface area contributed by atoms with Crippen molar-refractivity contribution in [3.8, 4) is 0 Å². The molecule has 0 aliphatic heterocycles. The van der Waals surface area contributed by atoms with Crippen molar-refractivity contribution in [1.29, 1.82) is 0 Å². The van der Waals surface area contributed by atoms with E-state index in [0.29, 0.717) is 6.42 Å². The van der Waals surface area contributed by atoms with E-state index in [1.807, 2.05) is 67.7 Å². The van der Waals surface area contributed by atoms with Crippen LogP contribution in [0.15, 0.2) is 60.7 Å². The van der Waals surface area contributed by atoms with E-state index >= 15 is 0 Å². The second-order valence-electron chi connectivity index (χ2n) is 5.97. The Hall–Kier alpha value is -2.66. The molecular formula is C20H25N2O3+.